The summed E-state index contributed by atoms with van der Waals surface area (Å²) >= 11 is 5.12. The third-order valence-electron chi connectivity index (χ3n) is 4.38. The molecule has 1 amide bonds. The Morgan fingerprint density at radius 1 is 1.04 bits per heavy atom. The first-order valence-corrected chi connectivity index (χ1v) is 9.36. The van der Waals surface area contributed by atoms with Crippen LogP contribution in [0.5, 0.6) is 5.75 Å². The quantitative estimate of drug-likeness (QED) is 0.542. The Bertz CT molecular complexity index is 775. The standard InChI is InChI=1S/C20H22FN3O2S/c21-16-9-5-14(6-10-16)13-22-20(27)24-23-19(25)15-7-11-18(12-8-15)26-17-3-1-2-4-17/h5-12,17H,1-4,13H2,(H,23,25)(H2,22,24,27). The monoisotopic (exact) mass is 387 g/mol. The number of rotatable bonds is 5. The van der Waals surface area contributed by atoms with E-state index in [4.69, 9.17) is 17.0 Å². The molecule has 3 rings (SSSR count). The fourth-order valence-corrected chi connectivity index (χ4v) is 3.02. The van der Waals surface area contributed by atoms with E-state index in [2.05, 4.69) is 16.2 Å². The number of hydrogen-bond donors (Lipinski definition) is 3. The van der Waals surface area contributed by atoms with Crippen molar-refractivity contribution in [3.8, 4) is 5.75 Å². The lowest BCUT2D eigenvalue weighted by molar-refractivity contribution is 0.0943. The molecule has 7 heteroatoms. The number of thiocarbonyl (C=S) groups is 1. The summed E-state index contributed by atoms with van der Waals surface area (Å²) in [7, 11) is 0. The normalized spacial score (nSPS) is 13.8. The van der Waals surface area contributed by atoms with Crippen LogP contribution in [0.15, 0.2) is 48.5 Å². The maximum atomic E-state index is 12.9. The van der Waals surface area contributed by atoms with Crippen molar-refractivity contribution >= 4 is 23.2 Å². The van der Waals surface area contributed by atoms with Gasteiger partial charge < -0.3 is 10.1 Å². The lowest BCUT2D eigenvalue weighted by Gasteiger charge is -2.14. The summed E-state index contributed by atoms with van der Waals surface area (Å²) in [6.07, 6.45) is 4.90. The van der Waals surface area contributed by atoms with Gasteiger partial charge in [0.25, 0.3) is 5.91 Å². The molecular formula is C20H22FN3O2S. The summed E-state index contributed by atoms with van der Waals surface area (Å²) in [5.41, 5.74) is 6.58. The fraction of sp³-hybridized carbons (Fsp3) is 0.300. The molecule has 5 nitrogen and oxygen atoms in total. The molecule has 0 atom stereocenters. The molecule has 1 aliphatic rings. The first kappa shape index (κ1) is 19.1. The van der Waals surface area contributed by atoms with Gasteiger partial charge in [-0.2, -0.15) is 0 Å². The van der Waals surface area contributed by atoms with Crippen LogP contribution < -0.4 is 20.9 Å². The molecule has 27 heavy (non-hydrogen) atoms. The molecule has 1 saturated carbocycles. The number of nitrogens with one attached hydrogen (secondary N) is 3. The Morgan fingerprint density at radius 3 is 2.37 bits per heavy atom. The highest BCUT2D eigenvalue weighted by atomic mass is 32.1. The molecule has 3 N–H and O–H groups in total. The molecule has 2 aromatic rings. The Kier molecular flexibility index (Phi) is 6.59. The van der Waals surface area contributed by atoms with Crippen LogP contribution >= 0.6 is 12.2 Å². The second-order valence-electron chi connectivity index (χ2n) is 6.44. The number of ether oxygens (including phenoxy) is 1. The van der Waals surface area contributed by atoms with E-state index in [1.54, 1.807) is 36.4 Å². The predicted octanol–water partition coefficient (Wildman–Crippen LogP) is 3.46. The fourth-order valence-electron chi connectivity index (χ4n) is 2.90. The molecule has 142 valence electrons. The molecule has 0 heterocycles. The van der Waals surface area contributed by atoms with E-state index in [-0.39, 0.29) is 22.9 Å². The van der Waals surface area contributed by atoms with Gasteiger partial charge in [0.1, 0.15) is 11.6 Å². The highest BCUT2D eigenvalue weighted by Gasteiger charge is 2.16. The zero-order chi connectivity index (χ0) is 19.1. The van der Waals surface area contributed by atoms with Crippen molar-refractivity contribution in [3.05, 3.63) is 65.5 Å². The molecule has 2 aromatic carbocycles. The number of carbonyl (C=O) groups excluding carboxylic acids is 1. The van der Waals surface area contributed by atoms with E-state index in [0.717, 1.165) is 24.2 Å². The maximum Gasteiger partial charge on any atom is 0.269 e. The average molecular weight is 387 g/mol. The van der Waals surface area contributed by atoms with E-state index in [1.807, 2.05) is 0 Å². The van der Waals surface area contributed by atoms with Gasteiger partial charge in [0.15, 0.2) is 5.11 Å². The number of carbonyl (C=O) groups is 1. The van der Waals surface area contributed by atoms with Crippen molar-refractivity contribution in [2.45, 2.75) is 38.3 Å². The van der Waals surface area contributed by atoms with Gasteiger partial charge in [-0.15, -0.1) is 0 Å². The van der Waals surface area contributed by atoms with Crippen LogP contribution in [0.3, 0.4) is 0 Å². The van der Waals surface area contributed by atoms with Crippen LogP contribution in [-0.2, 0) is 6.54 Å². The topological polar surface area (TPSA) is 62.4 Å². The predicted molar refractivity (Wildman–Crippen MR) is 106 cm³/mol. The van der Waals surface area contributed by atoms with Crippen LogP contribution in [0.2, 0.25) is 0 Å². The Hall–Kier alpha value is -2.67. The third-order valence-corrected chi connectivity index (χ3v) is 4.62. The minimum atomic E-state index is -0.298. The first-order valence-electron chi connectivity index (χ1n) is 8.95. The molecule has 0 saturated heterocycles. The molecule has 0 aliphatic heterocycles. The highest BCUT2D eigenvalue weighted by Crippen LogP contribution is 2.24. The Morgan fingerprint density at radius 2 is 1.70 bits per heavy atom. The van der Waals surface area contributed by atoms with E-state index in [9.17, 15) is 9.18 Å². The summed E-state index contributed by atoms with van der Waals surface area (Å²) in [5.74, 6) is 0.197. The summed E-state index contributed by atoms with van der Waals surface area (Å²) in [6, 6.07) is 13.1. The van der Waals surface area contributed by atoms with E-state index in [0.29, 0.717) is 12.1 Å². The zero-order valence-electron chi connectivity index (χ0n) is 14.8. The van der Waals surface area contributed by atoms with Gasteiger partial charge in [0.05, 0.1) is 6.10 Å². The summed E-state index contributed by atoms with van der Waals surface area (Å²) in [4.78, 5) is 12.2. The van der Waals surface area contributed by atoms with Crippen molar-refractivity contribution in [2.24, 2.45) is 0 Å². The maximum absolute atomic E-state index is 12.9. The molecular weight excluding hydrogens is 365 g/mol. The Balaban J connectivity index is 1.41. The largest absolute Gasteiger partial charge is 0.490 e. The van der Waals surface area contributed by atoms with Gasteiger partial charge in [-0.1, -0.05) is 12.1 Å². The zero-order valence-corrected chi connectivity index (χ0v) is 15.7. The summed E-state index contributed by atoms with van der Waals surface area (Å²) < 4.78 is 18.8. The van der Waals surface area contributed by atoms with Crippen LogP contribution in [-0.4, -0.2) is 17.1 Å². The number of amides is 1. The number of hydrogen-bond acceptors (Lipinski definition) is 3. The summed E-state index contributed by atoms with van der Waals surface area (Å²) in [5, 5.41) is 3.21. The molecule has 1 aliphatic carbocycles. The lowest BCUT2D eigenvalue weighted by atomic mass is 10.2. The van der Waals surface area contributed by atoms with Gasteiger partial charge in [0.2, 0.25) is 0 Å². The van der Waals surface area contributed by atoms with Gasteiger partial charge in [-0.25, -0.2) is 4.39 Å². The number of hydrazine groups is 1. The van der Waals surface area contributed by atoms with Crippen LogP contribution in [0.25, 0.3) is 0 Å². The van der Waals surface area contributed by atoms with Crippen LogP contribution in [0.1, 0.15) is 41.6 Å². The van der Waals surface area contributed by atoms with Crippen molar-refractivity contribution in [1.82, 2.24) is 16.2 Å². The minimum Gasteiger partial charge on any atom is -0.490 e. The molecule has 0 spiro atoms. The van der Waals surface area contributed by atoms with Crippen LogP contribution in [0.4, 0.5) is 4.39 Å². The van der Waals surface area contributed by atoms with E-state index >= 15 is 0 Å². The number of halogens is 1. The second-order valence-corrected chi connectivity index (χ2v) is 6.85. The SMILES string of the molecule is O=C(NNC(=S)NCc1ccc(F)cc1)c1ccc(OC2CCCC2)cc1. The van der Waals surface area contributed by atoms with Crippen molar-refractivity contribution < 1.29 is 13.9 Å². The van der Waals surface area contributed by atoms with Crippen LogP contribution in [0, 0.1) is 5.82 Å². The average Bonchev–Trinajstić information content (AvgIpc) is 3.19. The third kappa shape index (κ3) is 5.92. The number of benzene rings is 2. The van der Waals surface area contributed by atoms with Gasteiger partial charge >= 0.3 is 0 Å². The van der Waals surface area contributed by atoms with Gasteiger partial charge in [-0.3, -0.25) is 15.6 Å². The molecule has 1 fully saturated rings. The van der Waals surface area contributed by atoms with E-state index < -0.39 is 0 Å². The lowest BCUT2D eigenvalue weighted by Crippen LogP contribution is -2.46. The Labute approximate surface area is 163 Å². The molecule has 0 aromatic heterocycles. The summed E-state index contributed by atoms with van der Waals surface area (Å²) in [6.45, 7) is 0.426. The minimum absolute atomic E-state index is 0.272. The van der Waals surface area contributed by atoms with Crippen molar-refractivity contribution in [2.75, 3.05) is 0 Å². The van der Waals surface area contributed by atoms with Gasteiger partial charge in [-0.05, 0) is 79.9 Å². The van der Waals surface area contributed by atoms with Crippen molar-refractivity contribution in [1.29, 1.82) is 0 Å². The van der Waals surface area contributed by atoms with E-state index in [1.165, 1.54) is 25.0 Å². The molecule has 0 unspecified atom stereocenters. The second kappa shape index (κ2) is 9.32. The highest BCUT2D eigenvalue weighted by molar-refractivity contribution is 7.80. The smallest absolute Gasteiger partial charge is 0.269 e. The van der Waals surface area contributed by atoms with Gasteiger partial charge in [0, 0.05) is 12.1 Å². The first-order chi connectivity index (χ1) is 13.1. The molecule has 0 bridgehead atoms. The van der Waals surface area contributed by atoms with Crippen molar-refractivity contribution in [3.63, 3.8) is 0 Å². The molecule has 0 radical (unpaired) electrons.